The number of aromatic amines is 1. The lowest BCUT2D eigenvalue weighted by atomic mass is 10.1. The van der Waals surface area contributed by atoms with Crippen LogP contribution in [0.5, 0.6) is 0 Å². The van der Waals surface area contributed by atoms with Gasteiger partial charge in [-0.15, -0.1) is 0 Å². The molecule has 0 bridgehead atoms. The molecule has 0 unspecified atom stereocenters. The molecule has 4 rings (SSSR count). The fraction of sp³-hybridized carbons (Fsp3) is 0.263. The lowest BCUT2D eigenvalue weighted by Gasteiger charge is -2.23. The highest BCUT2D eigenvalue weighted by molar-refractivity contribution is 7.90. The first kappa shape index (κ1) is 18.0. The Bertz CT molecular complexity index is 1110. The van der Waals surface area contributed by atoms with E-state index >= 15 is 0 Å². The van der Waals surface area contributed by atoms with Gasteiger partial charge in [-0.2, -0.15) is 0 Å². The molecule has 27 heavy (non-hydrogen) atoms. The maximum absolute atomic E-state index is 13.1. The third-order valence-electron chi connectivity index (χ3n) is 4.81. The van der Waals surface area contributed by atoms with Crippen LogP contribution in [-0.4, -0.2) is 42.0 Å². The van der Waals surface area contributed by atoms with E-state index in [0.717, 1.165) is 36.0 Å². The third-order valence-corrected chi connectivity index (χ3v) is 6.39. The van der Waals surface area contributed by atoms with Crippen molar-refractivity contribution in [2.75, 3.05) is 12.8 Å². The number of nitrogens with one attached hydrogen (secondary N) is 1. The van der Waals surface area contributed by atoms with E-state index in [-0.39, 0.29) is 21.9 Å². The summed E-state index contributed by atoms with van der Waals surface area (Å²) in [4.78, 5) is 22.7. The number of sulfone groups is 1. The number of carbonyl (C=O) groups excluding carboxylic acids is 1. The summed E-state index contributed by atoms with van der Waals surface area (Å²) in [5.74, 6) is 0.527. The normalized spacial score (nSPS) is 17.6. The van der Waals surface area contributed by atoms with E-state index in [1.807, 2.05) is 24.3 Å². The summed E-state index contributed by atoms with van der Waals surface area (Å²) in [5.41, 5.74) is 2.10. The van der Waals surface area contributed by atoms with Crippen LogP contribution in [0.25, 0.3) is 11.0 Å². The summed E-state index contributed by atoms with van der Waals surface area (Å²) in [6, 6.07) is 11.9. The topological polar surface area (TPSA) is 83.1 Å². The van der Waals surface area contributed by atoms with E-state index < -0.39 is 9.84 Å². The Morgan fingerprint density at radius 3 is 2.78 bits per heavy atom. The first-order valence-electron chi connectivity index (χ1n) is 8.60. The van der Waals surface area contributed by atoms with Crippen molar-refractivity contribution in [2.45, 2.75) is 23.8 Å². The molecule has 1 saturated heterocycles. The quantitative estimate of drug-likeness (QED) is 0.724. The van der Waals surface area contributed by atoms with Crippen molar-refractivity contribution >= 4 is 38.4 Å². The molecule has 1 atom stereocenters. The number of aromatic nitrogens is 2. The number of likely N-dealkylation sites (tertiary alicyclic amines) is 1. The van der Waals surface area contributed by atoms with Crippen molar-refractivity contribution in [3.8, 4) is 0 Å². The highest BCUT2D eigenvalue weighted by Crippen LogP contribution is 2.33. The Labute approximate surface area is 162 Å². The highest BCUT2D eigenvalue weighted by Gasteiger charge is 2.33. The number of carbonyl (C=O) groups is 1. The van der Waals surface area contributed by atoms with Gasteiger partial charge in [0.15, 0.2) is 9.84 Å². The second kappa shape index (κ2) is 6.65. The van der Waals surface area contributed by atoms with E-state index in [2.05, 4.69) is 9.97 Å². The number of nitrogens with zero attached hydrogens (tertiary/aromatic N) is 2. The lowest BCUT2D eigenvalue weighted by Crippen LogP contribution is -2.31. The van der Waals surface area contributed by atoms with Gasteiger partial charge in [0.05, 0.1) is 27.0 Å². The van der Waals surface area contributed by atoms with E-state index in [9.17, 15) is 13.2 Å². The second-order valence-electron chi connectivity index (χ2n) is 6.71. The molecule has 1 fully saturated rings. The van der Waals surface area contributed by atoms with E-state index in [1.54, 1.807) is 11.0 Å². The Kier molecular flexibility index (Phi) is 4.44. The number of amides is 1. The molecule has 8 heteroatoms. The van der Waals surface area contributed by atoms with Gasteiger partial charge in [-0.25, -0.2) is 13.4 Å². The molecule has 1 aliphatic rings. The number of fused-ring (bicyclic) bond motifs is 1. The molecule has 6 nitrogen and oxygen atoms in total. The fourth-order valence-electron chi connectivity index (χ4n) is 3.51. The number of rotatable bonds is 3. The van der Waals surface area contributed by atoms with Gasteiger partial charge >= 0.3 is 0 Å². The largest absolute Gasteiger partial charge is 0.340 e. The van der Waals surface area contributed by atoms with Crippen LogP contribution in [-0.2, 0) is 9.84 Å². The maximum atomic E-state index is 13.1. The Balaban J connectivity index is 1.69. The van der Waals surface area contributed by atoms with E-state index in [0.29, 0.717) is 12.1 Å². The summed E-state index contributed by atoms with van der Waals surface area (Å²) in [5, 5.41) is 0.115. The van der Waals surface area contributed by atoms with E-state index in [4.69, 9.17) is 11.6 Å². The van der Waals surface area contributed by atoms with Crippen LogP contribution in [0.15, 0.2) is 47.4 Å². The zero-order valence-electron chi connectivity index (χ0n) is 14.6. The van der Waals surface area contributed by atoms with Crippen LogP contribution in [0.1, 0.15) is 35.1 Å². The molecule has 140 valence electrons. The predicted octanol–water partition coefficient (Wildman–Crippen LogP) is 3.60. The zero-order chi connectivity index (χ0) is 19.2. The average Bonchev–Trinajstić information content (AvgIpc) is 3.27. The molecule has 0 spiro atoms. The predicted molar refractivity (Wildman–Crippen MR) is 104 cm³/mol. The minimum absolute atomic E-state index is 0.0329. The standard InChI is InChI=1S/C19H18ClN3O3S/c1-27(25,26)17-11-12(8-9-13(17)20)19(24)23-10-4-7-16(23)18-21-14-5-2-3-6-15(14)22-18/h2-3,5-6,8-9,11,16H,4,7,10H2,1H3,(H,21,22)/t16-/m1/s1. The molecular weight excluding hydrogens is 386 g/mol. The number of benzene rings is 2. The molecule has 1 amide bonds. The van der Waals surface area contributed by atoms with Crippen LogP contribution in [0, 0.1) is 0 Å². The number of H-pyrrole nitrogens is 1. The summed E-state index contributed by atoms with van der Waals surface area (Å²) in [6.45, 7) is 0.595. The molecular formula is C19H18ClN3O3S. The average molecular weight is 404 g/mol. The third kappa shape index (κ3) is 3.33. The number of hydrogen-bond donors (Lipinski definition) is 1. The maximum Gasteiger partial charge on any atom is 0.254 e. The molecule has 2 heterocycles. The summed E-state index contributed by atoms with van der Waals surface area (Å²) >= 11 is 6.00. The first-order valence-corrected chi connectivity index (χ1v) is 10.9. The molecule has 0 aliphatic carbocycles. The fourth-order valence-corrected chi connectivity index (χ4v) is 4.81. The molecule has 3 aromatic rings. The minimum atomic E-state index is -3.52. The monoisotopic (exact) mass is 403 g/mol. The molecule has 2 aromatic carbocycles. The molecule has 0 radical (unpaired) electrons. The van der Waals surface area contributed by atoms with Crippen LogP contribution >= 0.6 is 11.6 Å². The van der Waals surface area contributed by atoms with Gasteiger partial charge < -0.3 is 9.88 Å². The van der Waals surface area contributed by atoms with Gasteiger partial charge in [0.1, 0.15) is 5.82 Å². The van der Waals surface area contributed by atoms with Crippen LogP contribution in [0.3, 0.4) is 0 Å². The van der Waals surface area contributed by atoms with Crippen LogP contribution in [0.2, 0.25) is 5.02 Å². The first-order chi connectivity index (χ1) is 12.8. The summed E-state index contributed by atoms with van der Waals surface area (Å²) in [6.07, 6.45) is 2.74. The van der Waals surface area contributed by atoms with Gasteiger partial charge in [0.2, 0.25) is 0 Å². The molecule has 1 aromatic heterocycles. The zero-order valence-corrected chi connectivity index (χ0v) is 16.2. The van der Waals surface area contributed by atoms with Crippen LogP contribution < -0.4 is 0 Å². The highest BCUT2D eigenvalue weighted by atomic mass is 35.5. The second-order valence-corrected chi connectivity index (χ2v) is 9.10. The van der Waals surface area contributed by atoms with Gasteiger partial charge in [-0.1, -0.05) is 23.7 Å². The van der Waals surface area contributed by atoms with Crippen molar-refractivity contribution in [1.82, 2.24) is 14.9 Å². The van der Waals surface area contributed by atoms with E-state index in [1.165, 1.54) is 12.1 Å². The summed E-state index contributed by atoms with van der Waals surface area (Å²) < 4.78 is 23.8. The van der Waals surface area contributed by atoms with Crippen molar-refractivity contribution in [1.29, 1.82) is 0 Å². The number of halogens is 1. The van der Waals surface area contributed by atoms with Crippen LogP contribution in [0.4, 0.5) is 0 Å². The van der Waals surface area contributed by atoms with Gasteiger partial charge in [0, 0.05) is 18.4 Å². The minimum Gasteiger partial charge on any atom is -0.340 e. The van der Waals surface area contributed by atoms with Crippen molar-refractivity contribution in [3.05, 3.63) is 58.9 Å². The SMILES string of the molecule is CS(=O)(=O)c1cc(C(=O)N2CCC[C@@H]2c2nc3ccccc3[nH]2)ccc1Cl. The van der Waals surface area contributed by atoms with Gasteiger partial charge in [0.25, 0.3) is 5.91 Å². The Hall–Kier alpha value is -2.38. The van der Waals surface area contributed by atoms with Gasteiger partial charge in [-0.3, -0.25) is 4.79 Å². The van der Waals surface area contributed by atoms with Crippen molar-refractivity contribution in [2.24, 2.45) is 0 Å². The number of imidazole rings is 1. The molecule has 0 saturated carbocycles. The molecule has 1 aliphatic heterocycles. The Morgan fingerprint density at radius 1 is 1.26 bits per heavy atom. The van der Waals surface area contributed by atoms with Crippen molar-refractivity contribution in [3.63, 3.8) is 0 Å². The Morgan fingerprint density at radius 2 is 2.04 bits per heavy atom. The number of hydrogen-bond acceptors (Lipinski definition) is 4. The van der Waals surface area contributed by atoms with Crippen molar-refractivity contribution < 1.29 is 13.2 Å². The summed E-state index contributed by atoms with van der Waals surface area (Å²) in [7, 11) is -3.52. The smallest absolute Gasteiger partial charge is 0.254 e. The lowest BCUT2D eigenvalue weighted by molar-refractivity contribution is 0.0730. The molecule has 1 N–H and O–H groups in total. The van der Waals surface area contributed by atoms with Gasteiger partial charge in [-0.05, 0) is 43.2 Å². The number of para-hydroxylation sites is 2.